The van der Waals surface area contributed by atoms with Gasteiger partial charge in [0.05, 0.1) is 11.1 Å². The number of aromatic amines is 1. The van der Waals surface area contributed by atoms with Crippen LogP contribution in [-0.2, 0) is 20.9 Å². The topological polar surface area (TPSA) is 128 Å². The molecule has 106 valence electrons. The van der Waals surface area contributed by atoms with Gasteiger partial charge in [0, 0.05) is 7.05 Å². The number of rotatable bonds is 4. The molecule has 0 saturated carbocycles. The van der Waals surface area contributed by atoms with Gasteiger partial charge in [-0.2, -0.15) is 10.2 Å². The Labute approximate surface area is 113 Å². The smallest absolute Gasteiger partial charge is 0.415 e. The molecule has 11 heteroatoms. The van der Waals surface area contributed by atoms with Crippen molar-refractivity contribution in [2.24, 2.45) is 7.05 Å². The largest absolute Gasteiger partial charge is 0.421 e. The number of ether oxygens (including phenoxy) is 1. The molecule has 20 heavy (non-hydrogen) atoms. The number of amides is 1. The number of carbonyl (C=O) groups excluding carboxylic acids is 1. The second kappa shape index (κ2) is 5.76. The van der Waals surface area contributed by atoms with Gasteiger partial charge < -0.3 is 4.74 Å². The highest BCUT2D eigenvalue weighted by atomic mass is 31.1. The van der Waals surface area contributed by atoms with Gasteiger partial charge in [-0.3, -0.25) is 19.3 Å². The van der Waals surface area contributed by atoms with E-state index in [-0.39, 0.29) is 11.3 Å². The van der Waals surface area contributed by atoms with Crippen LogP contribution in [0.1, 0.15) is 5.69 Å². The van der Waals surface area contributed by atoms with Gasteiger partial charge in [0.15, 0.2) is 5.82 Å². The molecule has 0 fully saturated rings. The van der Waals surface area contributed by atoms with E-state index in [1.54, 1.807) is 14.0 Å². The van der Waals surface area contributed by atoms with Crippen molar-refractivity contribution in [2.45, 2.75) is 6.92 Å². The maximum absolute atomic E-state index is 11.7. The Balaban J connectivity index is 2.31. The third kappa shape index (κ3) is 2.65. The van der Waals surface area contributed by atoms with Crippen molar-refractivity contribution >= 4 is 31.5 Å². The van der Waals surface area contributed by atoms with Crippen LogP contribution < -0.4 is 10.9 Å². The van der Waals surface area contributed by atoms with Crippen LogP contribution in [0.2, 0.25) is 0 Å². The SMILES string of the molecule is Cc1nn(C)c2c(=O)[nH]nc(NC(=O)OCOP=O)c12. The number of H-pyrrole nitrogens is 1. The molecule has 0 aliphatic heterocycles. The fourth-order valence-electron chi connectivity index (χ4n) is 1.74. The van der Waals surface area contributed by atoms with Crippen LogP contribution in [0.3, 0.4) is 0 Å². The van der Waals surface area contributed by atoms with Crippen molar-refractivity contribution in [3.8, 4) is 0 Å². The van der Waals surface area contributed by atoms with Gasteiger partial charge in [-0.1, -0.05) is 0 Å². The molecule has 1 amide bonds. The predicted molar refractivity (Wildman–Crippen MR) is 67.5 cm³/mol. The molecule has 0 spiro atoms. The number of aromatic nitrogens is 4. The Morgan fingerprint density at radius 3 is 3.00 bits per heavy atom. The highest BCUT2D eigenvalue weighted by Crippen LogP contribution is 2.20. The Morgan fingerprint density at radius 2 is 2.30 bits per heavy atom. The average Bonchev–Trinajstić information content (AvgIpc) is 2.70. The van der Waals surface area contributed by atoms with Crippen molar-refractivity contribution in [3.05, 3.63) is 16.0 Å². The van der Waals surface area contributed by atoms with Crippen LogP contribution in [0.5, 0.6) is 0 Å². The van der Waals surface area contributed by atoms with E-state index in [0.29, 0.717) is 11.1 Å². The normalized spacial score (nSPS) is 10.9. The molecule has 2 heterocycles. The maximum atomic E-state index is 11.7. The molecule has 0 radical (unpaired) electrons. The number of aryl methyl sites for hydroxylation is 2. The van der Waals surface area contributed by atoms with E-state index < -0.39 is 27.1 Å². The van der Waals surface area contributed by atoms with Crippen molar-refractivity contribution in [3.63, 3.8) is 0 Å². The zero-order valence-corrected chi connectivity index (χ0v) is 11.4. The van der Waals surface area contributed by atoms with Gasteiger partial charge in [0.2, 0.25) is 6.79 Å². The van der Waals surface area contributed by atoms with E-state index in [2.05, 4.69) is 29.9 Å². The van der Waals surface area contributed by atoms with Crippen molar-refractivity contribution in [1.82, 2.24) is 20.0 Å². The number of nitrogens with one attached hydrogen (secondary N) is 2. The van der Waals surface area contributed by atoms with Crippen LogP contribution in [0.15, 0.2) is 4.79 Å². The van der Waals surface area contributed by atoms with Gasteiger partial charge in [0.1, 0.15) is 5.52 Å². The minimum absolute atomic E-state index is 0.106. The lowest BCUT2D eigenvalue weighted by Gasteiger charge is -2.05. The summed E-state index contributed by atoms with van der Waals surface area (Å²) in [5.74, 6) is 0.106. The zero-order valence-electron chi connectivity index (χ0n) is 10.5. The van der Waals surface area contributed by atoms with Crippen molar-refractivity contribution in [2.75, 3.05) is 12.1 Å². The third-order valence-corrected chi connectivity index (χ3v) is 2.67. The monoisotopic (exact) mass is 299 g/mol. The van der Waals surface area contributed by atoms with E-state index in [0.717, 1.165) is 0 Å². The molecule has 0 atom stereocenters. The maximum Gasteiger partial charge on any atom is 0.415 e. The Kier molecular flexibility index (Phi) is 4.06. The van der Waals surface area contributed by atoms with E-state index in [9.17, 15) is 14.2 Å². The molecule has 10 nitrogen and oxygen atoms in total. The molecule has 0 saturated heterocycles. The lowest BCUT2D eigenvalue weighted by Crippen LogP contribution is -2.19. The zero-order chi connectivity index (χ0) is 14.7. The number of fused-ring (bicyclic) bond motifs is 1. The second-order valence-electron chi connectivity index (χ2n) is 3.71. The average molecular weight is 299 g/mol. The molecule has 0 aromatic carbocycles. The number of nitrogens with zero attached hydrogens (tertiary/aromatic N) is 3. The van der Waals surface area contributed by atoms with Gasteiger partial charge >= 0.3 is 14.8 Å². The molecule has 0 unspecified atom stereocenters. The standard InChI is InChI=1S/C9H10N5O5P/c1-4-5-6(14(2)13-4)8(15)12-11-7(5)10-9(16)18-3-19-20-17/h3H2,1-2H3,(H,12,15)(H,10,11,16). The van der Waals surface area contributed by atoms with Crippen LogP contribution in [0.25, 0.3) is 10.9 Å². The first kappa shape index (κ1) is 14.1. The Hall–Kier alpha value is -2.32. The number of carbonyl (C=O) groups is 1. The molecule has 2 aromatic heterocycles. The van der Waals surface area contributed by atoms with E-state index >= 15 is 0 Å². The first-order valence-corrected chi connectivity index (χ1v) is 6.08. The fourth-order valence-corrected chi connectivity index (χ4v) is 1.84. The summed E-state index contributed by atoms with van der Waals surface area (Å²) in [7, 11) is 1.01. The lowest BCUT2D eigenvalue weighted by molar-refractivity contribution is 0.0773. The molecule has 0 aliphatic carbocycles. The molecule has 0 aliphatic rings. The van der Waals surface area contributed by atoms with E-state index in [1.807, 2.05) is 0 Å². The first-order chi connectivity index (χ1) is 9.54. The summed E-state index contributed by atoms with van der Waals surface area (Å²) >= 11 is 0. The summed E-state index contributed by atoms with van der Waals surface area (Å²) in [6, 6.07) is 0. The van der Waals surface area contributed by atoms with Gasteiger partial charge in [-0.15, -0.1) is 0 Å². The number of hydrogen-bond acceptors (Lipinski definition) is 7. The van der Waals surface area contributed by atoms with Crippen LogP contribution in [-0.4, -0.2) is 32.9 Å². The molecule has 2 rings (SSSR count). The first-order valence-electron chi connectivity index (χ1n) is 5.35. The minimum atomic E-state index is -0.863. The summed E-state index contributed by atoms with van der Waals surface area (Å²) in [6.45, 7) is 1.20. The van der Waals surface area contributed by atoms with Crippen LogP contribution >= 0.6 is 8.69 Å². The second-order valence-corrected chi connectivity index (χ2v) is 4.12. The van der Waals surface area contributed by atoms with Gasteiger partial charge in [0.25, 0.3) is 5.56 Å². The summed E-state index contributed by atoms with van der Waals surface area (Å²) in [5, 5.41) is 12.8. The summed E-state index contributed by atoms with van der Waals surface area (Å²) in [6.07, 6.45) is -0.863. The van der Waals surface area contributed by atoms with Crippen LogP contribution in [0, 0.1) is 6.92 Å². The Bertz CT molecular complexity index is 723. The van der Waals surface area contributed by atoms with Gasteiger partial charge in [-0.25, -0.2) is 14.5 Å². The van der Waals surface area contributed by atoms with Crippen molar-refractivity contribution in [1.29, 1.82) is 0 Å². The molecule has 2 aromatic rings. The predicted octanol–water partition coefficient (Wildman–Crippen LogP) is 0.694. The fraction of sp³-hybridized carbons (Fsp3) is 0.333. The minimum Gasteiger partial charge on any atom is -0.421 e. The number of anilines is 1. The van der Waals surface area contributed by atoms with Gasteiger partial charge in [-0.05, 0) is 6.92 Å². The quantitative estimate of drug-likeness (QED) is 0.483. The molecular weight excluding hydrogens is 289 g/mol. The Morgan fingerprint density at radius 1 is 1.55 bits per heavy atom. The lowest BCUT2D eigenvalue weighted by atomic mass is 10.2. The highest BCUT2D eigenvalue weighted by Gasteiger charge is 2.16. The summed E-state index contributed by atoms with van der Waals surface area (Å²) in [4.78, 5) is 23.1. The highest BCUT2D eigenvalue weighted by molar-refractivity contribution is 7.17. The molecular formula is C9H10N5O5P. The third-order valence-electron chi connectivity index (χ3n) is 2.46. The molecule has 0 bridgehead atoms. The number of hydrogen-bond donors (Lipinski definition) is 2. The van der Waals surface area contributed by atoms with E-state index in [4.69, 9.17) is 0 Å². The summed E-state index contributed by atoms with van der Waals surface area (Å²) in [5.41, 5.74) is 0.392. The van der Waals surface area contributed by atoms with Crippen LogP contribution in [0.4, 0.5) is 10.6 Å². The summed E-state index contributed by atoms with van der Waals surface area (Å²) < 4.78 is 20.3. The van der Waals surface area contributed by atoms with Crippen molar-refractivity contribution < 1.29 is 18.6 Å². The van der Waals surface area contributed by atoms with E-state index in [1.165, 1.54) is 4.68 Å². The molecule has 2 N–H and O–H groups in total.